The van der Waals surface area contributed by atoms with E-state index in [0.29, 0.717) is 43.5 Å². The lowest BCUT2D eigenvalue weighted by atomic mass is 10.0. The van der Waals surface area contributed by atoms with Gasteiger partial charge in [0, 0.05) is 49.5 Å². The van der Waals surface area contributed by atoms with Gasteiger partial charge >= 0.3 is 0 Å². The van der Waals surface area contributed by atoms with Crippen molar-refractivity contribution in [2.45, 2.75) is 19.8 Å². The van der Waals surface area contributed by atoms with E-state index in [2.05, 4.69) is 53.1 Å². The maximum atomic E-state index is 12.9. The first-order valence-electron chi connectivity index (χ1n) is 9.93. The quantitative estimate of drug-likeness (QED) is 0.646. The number of piperazine rings is 1. The van der Waals surface area contributed by atoms with E-state index in [1.807, 2.05) is 5.38 Å². The Balaban J connectivity index is 1.38. The van der Waals surface area contributed by atoms with Gasteiger partial charge in [0.1, 0.15) is 16.4 Å². The molecule has 0 aliphatic carbocycles. The summed E-state index contributed by atoms with van der Waals surface area (Å²) in [6.45, 7) is 6.21. The van der Waals surface area contributed by atoms with Crippen LogP contribution in [0, 0.1) is 0 Å². The van der Waals surface area contributed by atoms with Crippen LogP contribution in [0.1, 0.15) is 46.3 Å². The fourth-order valence-corrected chi connectivity index (χ4v) is 4.16. The highest BCUT2D eigenvalue weighted by molar-refractivity contribution is 7.13. The molecule has 0 atom stereocenters. The maximum Gasteiger partial charge on any atom is 0.274 e. The highest BCUT2D eigenvalue weighted by atomic mass is 32.1. The summed E-state index contributed by atoms with van der Waals surface area (Å²) in [5.41, 5.74) is 3.07. The molecule has 1 fully saturated rings. The van der Waals surface area contributed by atoms with E-state index in [1.54, 1.807) is 9.80 Å². The molecule has 0 spiro atoms. The SMILES string of the molecule is CC(C)c1ccc(-c2nc(C(=O)N3CCN(C(=O)c4cnccn4)CC3)cs2)cc1. The predicted octanol–water partition coefficient (Wildman–Crippen LogP) is 3.32. The summed E-state index contributed by atoms with van der Waals surface area (Å²) in [4.78, 5) is 41.4. The van der Waals surface area contributed by atoms with Gasteiger partial charge in [-0.15, -0.1) is 11.3 Å². The molecule has 0 radical (unpaired) electrons. The van der Waals surface area contributed by atoms with Gasteiger partial charge in [0.2, 0.25) is 0 Å². The zero-order valence-electron chi connectivity index (χ0n) is 17.0. The molecule has 7 nitrogen and oxygen atoms in total. The van der Waals surface area contributed by atoms with Crippen molar-refractivity contribution in [1.82, 2.24) is 24.8 Å². The zero-order chi connectivity index (χ0) is 21.1. The molecule has 2 aromatic heterocycles. The van der Waals surface area contributed by atoms with Gasteiger partial charge in [-0.25, -0.2) is 9.97 Å². The first-order valence-corrected chi connectivity index (χ1v) is 10.8. The lowest BCUT2D eigenvalue weighted by Gasteiger charge is -2.34. The molecule has 0 unspecified atom stereocenters. The number of aromatic nitrogens is 3. The molecule has 1 aliphatic rings. The largest absolute Gasteiger partial charge is 0.334 e. The molecule has 1 saturated heterocycles. The van der Waals surface area contributed by atoms with E-state index < -0.39 is 0 Å². The summed E-state index contributed by atoms with van der Waals surface area (Å²) in [6.07, 6.45) is 4.50. The summed E-state index contributed by atoms with van der Waals surface area (Å²) in [6, 6.07) is 8.32. The van der Waals surface area contributed by atoms with Gasteiger partial charge < -0.3 is 9.80 Å². The minimum Gasteiger partial charge on any atom is -0.334 e. The van der Waals surface area contributed by atoms with Crippen LogP contribution in [-0.4, -0.2) is 62.7 Å². The number of hydrogen-bond donors (Lipinski definition) is 0. The van der Waals surface area contributed by atoms with E-state index in [-0.39, 0.29) is 11.8 Å². The van der Waals surface area contributed by atoms with Crippen molar-refractivity contribution >= 4 is 23.2 Å². The molecule has 154 valence electrons. The molecule has 4 rings (SSSR count). The van der Waals surface area contributed by atoms with Crippen molar-refractivity contribution in [3.05, 3.63) is 65.2 Å². The van der Waals surface area contributed by atoms with Crippen LogP contribution in [0.5, 0.6) is 0 Å². The summed E-state index contributed by atoms with van der Waals surface area (Å²) < 4.78 is 0. The smallest absolute Gasteiger partial charge is 0.274 e. The van der Waals surface area contributed by atoms with E-state index in [1.165, 1.54) is 35.5 Å². The van der Waals surface area contributed by atoms with E-state index in [0.717, 1.165) is 10.6 Å². The molecule has 0 bridgehead atoms. The maximum absolute atomic E-state index is 12.9. The Morgan fingerprint density at radius 1 is 0.933 bits per heavy atom. The summed E-state index contributed by atoms with van der Waals surface area (Å²) in [5, 5.41) is 2.65. The number of benzene rings is 1. The van der Waals surface area contributed by atoms with Crippen molar-refractivity contribution in [3.63, 3.8) is 0 Å². The summed E-state index contributed by atoms with van der Waals surface area (Å²) in [5.74, 6) is 0.228. The van der Waals surface area contributed by atoms with Gasteiger partial charge in [-0.05, 0) is 11.5 Å². The second-order valence-corrected chi connectivity index (χ2v) is 8.35. The molecule has 8 heteroatoms. The number of carbonyl (C=O) groups excluding carboxylic acids is 2. The molecule has 1 aromatic carbocycles. The van der Waals surface area contributed by atoms with Crippen molar-refractivity contribution in [1.29, 1.82) is 0 Å². The topological polar surface area (TPSA) is 79.3 Å². The third-order valence-corrected chi connectivity index (χ3v) is 6.08. The number of thiazole rings is 1. The second-order valence-electron chi connectivity index (χ2n) is 7.49. The molecule has 2 amide bonds. The van der Waals surface area contributed by atoms with Crippen LogP contribution in [0.2, 0.25) is 0 Å². The van der Waals surface area contributed by atoms with E-state index in [4.69, 9.17) is 0 Å². The van der Waals surface area contributed by atoms with Gasteiger partial charge in [-0.1, -0.05) is 38.1 Å². The number of carbonyl (C=O) groups is 2. The summed E-state index contributed by atoms with van der Waals surface area (Å²) >= 11 is 1.47. The van der Waals surface area contributed by atoms with Gasteiger partial charge in [0.05, 0.1) is 6.20 Å². The Kier molecular flexibility index (Phi) is 5.85. The van der Waals surface area contributed by atoms with Gasteiger partial charge in [0.15, 0.2) is 0 Å². The Hall–Kier alpha value is -3.13. The van der Waals surface area contributed by atoms with Crippen LogP contribution in [0.15, 0.2) is 48.2 Å². The van der Waals surface area contributed by atoms with Gasteiger partial charge in [0.25, 0.3) is 11.8 Å². The Morgan fingerprint density at radius 2 is 1.57 bits per heavy atom. The lowest BCUT2D eigenvalue weighted by molar-refractivity contribution is 0.0529. The monoisotopic (exact) mass is 421 g/mol. The number of rotatable bonds is 4. The molecule has 1 aliphatic heterocycles. The molecule has 3 aromatic rings. The Labute approximate surface area is 179 Å². The van der Waals surface area contributed by atoms with Crippen molar-refractivity contribution in [3.8, 4) is 10.6 Å². The first-order chi connectivity index (χ1) is 14.5. The van der Waals surface area contributed by atoms with Crippen LogP contribution in [0.25, 0.3) is 10.6 Å². The standard InChI is InChI=1S/C22H23N5O2S/c1-15(2)16-3-5-17(6-4-16)20-25-19(14-30-20)22(29)27-11-9-26(10-12-27)21(28)18-13-23-7-8-24-18/h3-8,13-15H,9-12H2,1-2H3. The molecule has 0 saturated carbocycles. The van der Waals surface area contributed by atoms with Crippen molar-refractivity contribution < 1.29 is 9.59 Å². The zero-order valence-corrected chi connectivity index (χ0v) is 17.8. The van der Waals surface area contributed by atoms with E-state index in [9.17, 15) is 9.59 Å². The molecule has 3 heterocycles. The minimum absolute atomic E-state index is 0.0945. The lowest BCUT2D eigenvalue weighted by Crippen LogP contribution is -2.50. The Bertz CT molecular complexity index is 1030. The van der Waals surface area contributed by atoms with Gasteiger partial charge in [-0.3, -0.25) is 14.6 Å². The Morgan fingerprint density at radius 3 is 2.13 bits per heavy atom. The molecular weight excluding hydrogens is 398 g/mol. The third-order valence-electron chi connectivity index (χ3n) is 5.18. The van der Waals surface area contributed by atoms with Crippen LogP contribution >= 0.6 is 11.3 Å². The highest BCUT2D eigenvalue weighted by Crippen LogP contribution is 2.26. The molecular formula is C22H23N5O2S. The van der Waals surface area contributed by atoms with Crippen LogP contribution < -0.4 is 0 Å². The average Bonchev–Trinajstić information content (AvgIpc) is 3.29. The average molecular weight is 422 g/mol. The fourth-order valence-electron chi connectivity index (χ4n) is 3.36. The van der Waals surface area contributed by atoms with Gasteiger partial charge in [-0.2, -0.15) is 0 Å². The number of amides is 2. The van der Waals surface area contributed by atoms with Crippen LogP contribution in [0.3, 0.4) is 0 Å². The molecule has 0 N–H and O–H groups in total. The summed E-state index contributed by atoms with van der Waals surface area (Å²) in [7, 11) is 0. The van der Waals surface area contributed by atoms with E-state index >= 15 is 0 Å². The number of hydrogen-bond acceptors (Lipinski definition) is 6. The molecule has 30 heavy (non-hydrogen) atoms. The predicted molar refractivity (Wildman–Crippen MR) is 115 cm³/mol. The minimum atomic E-state index is -0.156. The third kappa shape index (κ3) is 4.23. The van der Waals surface area contributed by atoms with Crippen LogP contribution in [0.4, 0.5) is 0 Å². The van der Waals surface area contributed by atoms with Crippen LogP contribution in [-0.2, 0) is 0 Å². The fraction of sp³-hybridized carbons (Fsp3) is 0.318. The number of nitrogens with zero attached hydrogens (tertiary/aromatic N) is 5. The van der Waals surface area contributed by atoms with Crippen molar-refractivity contribution in [2.24, 2.45) is 0 Å². The van der Waals surface area contributed by atoms with Crippen molar-refractivity contribution in [2.75, 3.05) is 26.2 Å². The normalized spacial score (nSPS) is 14.2. The first kappa shape index (κ1) is 20.2. The second kappa shape index (κ2) is 8.71. The highest BCUT2D eigenvalue weighted by Gasteiger charge is 2.27.